The van der Waals surface area contributed by atoms with Crippen LogP contribution in [0.25, 0.3) is 0 Å². The fraction of sp³-hybridized carbons (Fsp3) is 0.929. The van der Waals surface area contributed by atoms with Crippen LogP contribution in [0, 0.1) is 11.3 Å². The smallest absolute Gasteiger partial charge is 0.317 e. The van der Waals surface area contributed by atoms with Crippen LogP contribution in [-0.4, -0.2) is 50.0 Å². The lowest BCUT2D eigenvalue weighted by atomic mass is 9.67. The Morgan fingerprint density at radius 1 is 1.35 bits per heavy atom. The average molecular weight is 302 g/mol. The highest BCUT2D eigenvalue weighted by atomic mass is 32.2. The lowest BCUT2D eigenvalue weighted by molar-refractivity contribution is 0.115. The molecule has 2 amide bonds. The number of amides is 2. The van der Waals surface area contributed by atoms with Crippen LogP contribution in [0.3, 0.4) is 0 Å². The van der Waals surface area contributed by atoms with E-state index < -0.39 is 9.84 Å². The van der Waals surface area contributed by atoms with Gasteiger partial charge in [0.2, 0.25) is 0 Å². The summed E-state index contributed by atoms with van der Waals surface area (Å²) in [4.78, 5) is 13.9. The second kappa shape index (κ2) is 5.54. The molecular weight excluding hydrogens is 276 g/mol. The molecule has 0 bridgehead atoms. The molecule has 1 heterocycles. The van der Waals surface area contributed by atoms with Crippen molar-refractivity contribution in [2.45, 2.75) is 46.1 Å². The van der Waals surface area contributed by atoms with E-state index in [2.05, 4.69) is 19.2 Å². The Hall–Kier alpha value is -0.780. The number of urea groups is 1. The second-order valence-electron chi connectivity index (χ2n) is 6.93. The van der Waals surface area contributed by atoms with Crippen molar-refractivity contribution in [3.63, 3.8) is 0 Å². The Labute approximate surface area is 122 Å². The first-order valence-electron chi connectivity index (χ1n) is 7.46. The fourth-order valence-corrected chi connectivity index (χ4v) is 4.60. The quantitative estimate of drug-likeness (QED) is 0.862. The first-order valence-corrected chi connectivity index (χ1v) is 9.28. The maximum atomic E-state index is 12.2. The topological polar surface area (TPSA) is 66.5 Å². The zero-order valence-corrected chi connectivity index (χ0v) is 13.5. The van der Waals surface area contributed by atoms with E-state index in [0.717, 1.165) is 0 Å². The molecule has 1 saturated carbocycles. The van der Waals surface area contributed by atoms with Gasteiger partial charge in [-0.3, -0.25) is 0 Å². The SMILES string of the molecule is CC1CS(=O)(=O)CCN1C(=O)NCC(C)(C)C1CCC1. The number of rotatable bonds is 3. The van der Waals surface area contributed by atoms with E-state index >= 15 is 0 Å². The van der Waals surface area contributed by atoms with Crippen LogP contribution >= 0.6 is 0 Å². The number of sulfone groups is 1. The fourth-order valence-electron chi connectivity index (χ4n) is 3.04. The van der Waals surface area contributed by atoms with Crippen LogP contribution in [0.5, 0.6) is 0 Å². The molecule has 2 aliphatic rings. The third-order valence-electron chi connectivity index (χ3n) is 4.84. The minimum atomic E-state index is -2.97. The highest BCUT2D eigenvalue weighted by Gasteiger charge is 2.36. The predicted molar refractivity (Wildman–Crippen MR) is 79.3 cm³/mol. The molecule has 0 aromatic carbocycles. The van der Waals surface area contributed by atoms with Gasteiger partial charge in [-0.2, -0.15) is 0 Å². The summed E-state index contributed by atoms with van der Waals surface area (Å²) < 4.78 is 23.0. The average Bonchev–Trinajstić information content (AvgIpc) is 2.21. The summed E-state index contributed by atoms with van der Waals surface area (Å²) in [6.07, 6.45) is 3.80. The molecule has 1 aliphatic carbocycles. The van der Waals surface area contributed by atoms with E-state index in [0.29, 0.717) is 19.0 Å². The maximum Gasteiger partial charge on any atom is 0.317 e. The molecule has 5 nitrogen and oxygen atoms in total. The van der Waals surface area contributed by atoms with Gasteiger partial charge < -0.3 is 10.2 Å². The predicted octanol–water partition coefficient (Wildman–Crippen LogP) is 1.64. The third-order valence-corrected chi connectivity index (χ3v) is 6.63. The van der Waals surface area contributed by atoms with Gasteiger partial charge in [-0.05, 0) is 31.1 Å². The normalized spacial score (nSPS) is 26.9. The molecule has 1 aliphatic heterocycles. The Kier molecular flexibility index (Phi) is 4.33. The number of carbonyl (C=O) groups excluding carboxylic acids is 1. The van der Waals surface area contributed by atoms with Crippen molar-refractivity contribution in [3.8, 4) is 0 Å². The maximum absolute atomic E-state index is 12.2. The van der Waals surface area contributed by atoms with Crippen molar-refractivity contribution in [2.24, 2.45) is 11.3 Å². The van der Waals surface area contributed by atoms with Gasteiger partial charge >= 0.3 is 6.03 Å². The van der Waals surface area contributed by atoms with Crippen LogP contribution in [0.2, 0.25) is 0 Å². The largest absolute Gasteiger partial charge is 0.337 e. The van der Waals surface area contributed by atoms with Crippen molar-refractivity contribution >= 4 is 15.9 Å². The van der Waals surface area contributed by atoms with Crippen molar-refractivity contribution in [3.05, 3.63) is 0 Å². The molecule has 2 rings (SSSR count). The van der Waals surface area contributed by atoms with Gasteiger partial charge in [0.25, 0.3) is 0 Å². The second-order valence-corrected chi connectivity index (χ2v) is 9.16. The van der Waals surface area contributed by atoms with Gasteiger partial charge in [-0.15, -0.1) is 0 Å². The monoisotopic (exact) mass is 302 g/mol. The Morgan fingerprint density at radius 3 is 2.50 bits per heavy atom. The minimum Gasteiger partial charge on any atom is -0.337 e. The molecule has 6 heteroatoms. The van der Waals surface area contributed by atoms with Crippen LogP contribution in [0.1, 0.15) is 40.0 Å². The molecule has 2 fully saturated rings. The number of carbonyl (C=O) groups is 1. The molecule has 1 saturated heterocycles. The van der Waals surface area contributed by atoms with Crippen molar-refractivity contribution in [1.82, 2.24) is 10.2 Å². The lowest BCUT2D eigenvalue weighted by Gasteiger charge is -2.41. The zero-order valence-electron chi connectivity index (χ0n) is 12.7. The van der Waals surface area contributed by atoms with E-state index in [1.807, 2.05) is 0 Å². The van der Waals surface area contributed by atoms with Crippen molar-refractivity contribution in [1.29, 1.82) is 0 Å². The van der Waals surface area contributed by atoms with E-state index in [4.69, 9.17) is 0 Å². The molecule has 0 radical (unpaired) electrons. The Morgan fingerprint density at radius 2 is 2.00 bits per heavy atom. The summed E-state index contributed by atoms with van der Waals surface area (Å²) in [7, 11) is -2.97. The van der Waals surface area contributed by atoms with Gasteiger partial charge in [-0.25, -0.2) is 13.2 Å². The molecule has 0 aromatic heterocycles. The molecule has 0 spiro atoms. The van der Waals surface area contributed by atoms with E-state index in [1.165, 1.54) is 19.3 Å². The minimum absolute atomic E-state index is 0.0758. The molecule has 20 heavy (non-hydrogen) atoms. The Balaban J connectivity index is 1.86. The van der Waals surface area contributed by atoms with E-state index in [1.54, 1.807) is 11.8 Å². The molecule has 1 atom stereocenters. The van der Waals surface area contributed by atoms with Crippen molar-refractivity contribution in [2.75, 3.05) is 24.6 Å². The van der Waals surface area contributed by atoms with Crippen LogP contribution in [0.4, 0.5) is 4.79 Å². The lowest BCUT2D eigenvalue weighted by Crippen LogP contribution is -2.54. The molecular formula is C14H26N2O3S. The summed E-state index contributed by atoms with van der Waals surface area (Å²) >= 11 is 0. The zero-order chi connectivity index (χ0) is 15.0. The molecule has 1 N–H and O–H groups in total. The molecule has 1 unspecified atom stereocenters. The standard InChI is InChI=1S/C14H26N2O3S/c1-11-9-20(18,19)8-7-16(11)13(17)15-10-14(2,3)12-5-4-6-12/h11-12H,4-10H2,1-3H3,(H,15,17). The first-order chi connectivity index (χ1) is 9.21. The third kappa shape index (κ3) is 3.45. The summed E-state index contributed by atoms with van der Waals surface area (Å²) in [5.41, 5.74) is 0.124. The summed E-state index contributed by atoms with van der Waals surface area (Å²) in [5.74, 6) is 0.852. The highest BCUT2D eigenvalue weighted by molar-refractivity contribution is 7.91. The van der Waals surface area contributed by atoms with Crippen LogP contribution in [-0.2, 0) is 9.84 Å². The molecule has 0 aromatic rings. The van der Waals surface area contributed by atoms with Crippen LogP contribution < -0.4 is 5.32 Å². The Bertz CT molecular complexity index is 469. The summed E-state index contributed by atoms with van der Waals surface area (Å²) in [5, 5.41) is 2.99. The number of hydrogen-bond donors (Lipinski definition) is 1. The van der Waals surface area contributed by atoms with E-state index in [-0.39, 0.29) is 29.0 Å². The van der Waals surface area contributed by atoms with Gasteiger partial charge in [-0.1, -0.05) is 20.3 Å². The van der Waals surface area contributed by atoms with Gasteiger partial charge in [0.1, 0.15) is 0 Å². The summed E-state index contributed by atoms with van der Waals surface area (Å²) in [6, 6.07) is -0.361. The molecule has 116 valence electrons. The van der Waals surface area contributed by atoms with E-state index in [9.17, 15) is 13.2 Å². The number of hydrogen-bond acceptors (Lipinski definition) is 3. The van der Waals surface area contributed by atoms with Gasteiger partial charge in [0.15, 0.2) is 9.84 Å². The number of nitrogens with zero attached hydrogens (tertiary/aromatic N) is 1. The van der Waals surface area contributed by atoms with Gasteiger partial charge in [0, 0.05) is 19.1 Å². The first kappa shape index (κ1) is 15.6. The highest BCUT2D eigenvalue weighted by Crippen LogP contribution is 2.41. The number of nitrogens with one attached hydrogen (secondary N) is 1. The van der Waals surface area contributed by atoms with Gasteiger partial charge in [0.05, 0.1) is 11.5 Å². The van der Waals surface area contributed by atoms with Crippen molar-refractivity contribution < 1.29 is 13.2 Å². The van der Waals surface area contributed by atoms with Crippen LogP contribution in [0.15, 0.2) is 0 Å². The summed E-state index contributed by atoms with van der Waals surface area (Å²) in [6.45, 7) is 7.15.